The standard InChI is InChI=1S/C18H16F3N3O3S/c19-18(20,21)17(27)23-10-5-3-4-9(8-10)15(26)24-16-13(14(22)25)11-6-1-2-7-12(11)28-16/h3-5,8H,1-2,6-7H2,(H2,22,25)(H,23,27)(H,24,26). The zero-order valence-corrected chi connectivity index (χ0v) is 15.3. The van der Waals surface area contributed by atoms with Gasteiger partial charge in [-0.15, -0.1) is 11.3 Å². The van der Waals surface area contributed by atoms with Crippen LogP contribution in [0.1, 0.15) is 44.0 Å². The molecule has 1 aliphatic carbocycles. The highest BCUT2D eigenvalue weighted by molar-refractivity contribution is 7.17. The Balaban J connectivity index is 1.82. The van der Waals surface area contributed by atoms with E-state index < -0.39 is 23.9 Å². The van der Waals surface area contributed by atoms with Gasteiger partial charge in [-0.05, 0) is 49.4 Å². The van der Waals surface area contributed by atoms with Gasteiger partial charge in [0.05, 0.1) is 5.56 Å². The molecule has 4 N–H and O–H groups in total. The number of nitrogens with one attached hydrogen (secondary N) is 2. The Bertz CT molecular complexity index is 953. The van der Waals surface area contributed by atoms with Crippen molar-refractivity contribution in [1.29, 1.82) is 0 Å². The van der Waals surface area contributed by atoms with Crippen LogP contribution < -0.4 is 16.4 Å². The summed E-state index contributed by atoms with van der Waals surface area (Å²) in [5.41, 5.74) is 6.48. The zero-order valence-electron chi connectivity index (χ0n) is 14.5. The first-order valence-electron chi connectivity index (χ1n) is 8.40. The maximum absolute atomic E-state index is 12.5. The molecule has 0 bridgehead atoms. The second-order valence-electron chi connectivity index (χ2n) is 6.27. The van der Waals surface area contributed by atoms with E-state index >= 15 is 0 Å². The molecule has 0 aliphatic heterocycles. The van der Waals surface area contributed by atoms with E-state index in [1.54, 1.807) is 5.32 Å². The lowest BCUT2D eigenvalue weighted by atomic mass is 9.95. The number of hydrogen-bond donors (Lipinski definition) is 3. The number of hydrogen-bond acceptors (Lipinski definition) is 4. The second-order valence-corrected chi connectivity index (χ2v) is 7.37. The van der Waals surface area contributed by atoms with Crippen molar-refractivity contribution in [1.82, 2.24) is 0 Å². The molecule has 148 valence electrons. The molecule has 3 amide bonds. The van der Waals surface area contributed by atoms with Crippen LogP contribution in [0.5, 0.6) is 0 Å². The summed E-state index contributed by atoms with van der Waals surface area (Å²) in [6.45, 7) is 0. The van der Waals surface area contributed by atoms with Crippen molar-refractivity contribution in [3.8, 4) is 0 Å². The Labute approximate surface area is 161 Å². The number of halogens is 3. The van der Waals surface area contributed by atoms with E-state index in [1.807, 2.05) is 0 Å². The van der Waals surface area contributed by atoms with Crippen LogP contribution >= 0.6 is 11.3 Å². The molecule has 0 saturated carbocycles. The number of carbonyl (C=O) groups excluding carboxylic acids is 3. The fourth-order valence-corrected chi connectivity index (χ4v) is 4.32. The summed E-state index contributed by atoms with van der Waals surface area (Å²) in [6, 6.07) is 5.08. The van der Waals surface area contributed by atoms with E-state index in [9.17, 15) is 27.6 Å². The molecule has 0 fully saturated rings. The smallest absolute Gasteiger partial charge is 0.365 e. The lowest BCUT2D eigenvalue weighted by molar-refractivity contribution is -0.167. The van der Waals surface area contributed by atoms with Gasteiger partial charge in [-0.1, -0.05) is 6.07 Å². The van der Waals surface area contributed by atoms with Gasteiger partial charge in [0.15, 0.2) is 0 Å². The fraction of sp³-hybridized carbons (Fsp3) is 0.278. The molecule has 0 saturated heterocycles. The number of primary amides is 1. The van der Waals surface area contributed by atoms with Crippen LogP contribution in [-0.2, 0) is 17.6 Å². The highest BCUT2D eigenvalue weighted by Crippen LogP contribution is 2.38. The molecule has 1 aromatic heterocycles. The molecule has 0 unspecified atom stereocenters. The first-order chi connectivity index (χ1) is 13.2. The fourth-order valence-electron chi connectivity index (χ4n) is 3.03. The number of thiophene rings is 1. The van der Waals surface area contributed by atoms with E-state index in [2.05, 4.69) is 5.32 Å². The van der Waals surface area contributed by atoms with Crippen LogP contribution in [0.3, 0.4) is 0 Å². The predicted molar refractivity (Wildman–Crippen MR) is 98.6 cm³/mol. The summed E-state index contributed by atoms with van der Waals surface area (Å²) in [7, 11) is 0. The molecular formula is C18H16F3N3O3S. The van der Waals surface area contributed by atoms with Gasteiger partial charge < -0.3 is 16.4 Å². The molecule has 3 rings (SSSR count). The van der Waals surface area contributed by atoms with Crippen molar-refractivity contribution in [2.45, 2.75) is 31.9 Å². The van der Waals surface area contributed by atoms with Crippen LogP contribution in [0, 0.1) is 0 Å². The van der Waals surface area contributed by atoms with Crippen molar-refractivity contribution in [2.24, 2.45) is 5.73 Å². The molecule has 0 spiro atoms. The number of anilines is 2. The minimum atomic E-state index is -5.04. The average Bonchev–Trinajstić information content (AvgIpc) is 2.99. The molecule has 1 heterocycles. The second kappa shape index (κ2) is 7.63. The molecule has 1 aliphatic rings. The van der Waals surface area contributed by atoms with Crippen LogP contribution in [0.25, 0.3) is 0 Å². The number of rotatable bonds is 4. The lowest BCUT2D eigenvalue weighted by Gasteiger charge is -2.11. The number of fused-ring (bicyclic) bond motifs is 1. The van der Waals surface area contributed by atoms with Gasteiger partial charge >= 0.3 is 12.1 Å². The molecule has 1 aromatic carbocycles. The summed E-state index contributed by atoms with van der Waals surface area (Å²) in [4.78, 5) is 36.5. The first kappa shape index (κ1) is 19.9. The van der Waals surface area contributed by atoms with Crippen molar-refractivity contribution >= 4 is 39.7 Å². The Hall–Kier alpha value is -2.88. The van der Waals surface area contributed by atoms with Crippen LogP contribution in [0.15, 0.2) is 24.3 Å². The summed E-state index contributed by atoms with van der Waals surface area (Å²) in [5.74, 6) is -3.39. The Morgan fingerprint density at radius 1 is 1.07 bits per heavy atom. The average molecular weight is 411 g/mol. The van der Waals surface area contributed by atoms with Crippen molar-refractivity contribution in [2.75, 3.05) is 10.6 Å². The summed E-state index contributed by atoms with van der Waals surface area (Å²) >= 11 is 1.28. The Morgan fingerprint density at radius 2 is 1.79 bits per heavy atom. The topological polar surface area (TPSA) is 101 Å². The van der Waals surface area contributed by atoms with Crippen LogP contribution in [0.2, 0.25) is 0 Å². The van der Waals surface area contributed by atoms with Crippen molar-refractivity contribution in [3.63, 3.8) is 0 Å². The third-order valence-corrected chi connectivity index (χ3v) is 5.49. The Kier molecular flexibility index (Phi) is 5.41. The maximum atomic E-state index is 12.5. The van der Waals surface area contributed by atoms with Crippen molar-refractivity contribution in [3.05, 3.63) is 45.8 Å². The predicted octanol–water partition coefficient (Wildman–Crippen LogP) is 3.48. The van der Waals surface area contributed by atoms with E-state index in [1.165, 1.54) is 29.5 Å². The van der Waals surface area contributed by atoms with E-state index in [0.717, 1.165) is 35.8 Å². The molecule has 28 heavy (non-hydrogen) atoms. The number of nitrogens with two attached hydrogens (primary N) is 1. The number of alkyl halides is 3. The number of carbonyl (C=O) groups is 3. The van der Waals surface area contributed by atoms with Gasteiger partial charge in [0, 0.05) is 16.1 Å². The molecule has 6 nitrogen and oxygen atoms in total. The highest BCUT2D eigenvalue weighted by Gasteiger charge is 2.38. The first-order valence-corrected chi connectivity index (χ1v) is 9.22. The molecule has 0 atom stereocenters. The van der Waals surface area contributed by atoms with Crippen LogP contribution in [-0.4, -0.2) is 23.9 Å². The third kappa shape index (κ3) is 4.16. The van der Waals surface area contributed by atoms with Gasteiger partial charge in [0.25, 0.3) is 11.8 Å². The summed E-state index contributed by atoms with van der Waals surface area (Å²) < 4.78 is 37.1. The van der Waals surface area contributed by atoms with Crippen molar-refractivity contribution < 1.29 is 27.6 Å². The summed E-state index contributed by atoms with van der Waals surface area (Å²) in [5, 5.41) is 4.64. The van der Waals surface area contributed by atoms with E-state index in [0.29, 0.717) is 11.4 Å². The summed E-state index contributed by atoms with van der Waals surface area (Å²) in [6.07, 6.45) is -1.61. The molecule has 10 heteroatoms. The normalized spacial score (nSPS) is 13.5. The highest BCUT2D eigenvalue weighted by atomic mass is 32.1. The maximum Gasteiger partial charge on any atom is 0.471 e. The van der Waals surface area contributed by atoms with Gasteiger partial charge in [0.2, 0.25) is 0 Å². The minimum absolute atomic E-state index is 0.0294. The van der Waals surface area contributed by atoms with Gasteiger partial charge in [0.1, 0.15) is 5.00 Å². The number of amides is 3. The van der Waals surface area contributed by atoms with E-state index in [-0.39, 0.29) is 16.8 Å². The van der Waals surface area contributed by atoms with Gasteiger partial charge in [-0.25, -0.2) is 0 Å². The zero-order chi connectivity index (χ0) is 20.5. The van der Waals surface area contributed by atoms with Gasteiger partial charge in [-0.3, -0.25) is 14.4 Å². The largest absolute Gasteiger partial charge is 0.471 e. The van der Waals surface area contributed by atoms with E-state index in [4.69, 9.17) is 5.73 Å². The number of aryl methyl sites for hydroxylation is 1. The Morgan fingerprint density at radius 3 is 2.46 bits per heavy atom. The quantitative estimate of drug-likeness (QED) is 0.718. The monoisotopic (exact) mass is 411 g/mol. The SMILES string of the molecule is NC(=O)c1c(NC(=O)c2cccc(NC(=O)C(F)(F)F)c2)sc2c1CCCC2. The molecule has 2 aromatic rings. The number of benzene rings is 1. The van der Waals surface area contributed by atoms with Crippen LogP contribution in [0.4, 0.5) is 23.9 Å². The third-order valence-electron chi connectivity index (χ3n) is 4.28. The lowest BCUT2D eigenvalue weighted by Crippen LogP contribution is -2.30. The molecular weight excluding hydrogens is 395 g/mol. The minimum Gasteiger partial charge on any atom is -0.365 e. The van der Waals surface area contributed by atoms with Gasteiger partial charge in [-0.2, -0.15) is 13.2 Å². The molecule has 0 radical (unpaired) electrons.